The summed E-state index contributed by atoms with van der Waals surface area (Å²) in [5.74, 6) is 0.893. The maximum Gasteiger partial charge on any atom is 0.0640 e. The molecule has 1 aromatic rings. The third kappa shape index (κ3) is 2.85. The van der Waals surface area contributed by atoms with Crippen LogP contribution in [0.2, 0.25) is 0 Å². The summed E-state index contributed by atoms with van der Waals surface area (Å²) in [7, 11) is 0. The lowest BCUT2D eigenvalue weighted by Gasteiger charge is -2.15. The maximum absolute atomic E-state index is 4.62. The summed E-state index contributed by atoms with van der Waals surface area (Å²) in [6.07, 6.45) is 5.96. The molecule has 16 heavy (non-hydrogen) atoms. The van der Waals surface area contributed by atoms with Crippen LogP contribution in [0.25, 0.3) is 0 Å². The van der Waals surface area contributed by atoms with Crippen LogP contribution >= 0.6 is 0 Å². The molecule has 1 heterocycles. The molecule has 1 unspecified atom stereocenters. The zero-order valence-corrected chi connectivity index (χ0v) is 10.6. The van der Waals surface area contributed by atoms with Gasteiger partial charge in [0.05, 0.1) is 5.69 Å². The Morgan fingerprint density at radius 1 is 1.50 bits per heavy atom. The van der Waals surface area contributed by atoms with Crippen LogP contribution in [0, 0.1) is 5.92 Å². The minimum absolute atomic E-state index is 0.465. The van der Waals surface area contributed by atoms with Gasteiger partial charge in [0.2, 0.25) is 0 Å². The zero-order valence-electron chi connectivity index (χ0n) is 10.6. The fourth-order valence-corrected chi connectivity index (χ4v) is 2.17. The van der Waals surface area contributed by atoms with Crippen LogP contribution < -0.4 is 5.32 Å². The number of hydrogen-bond acceptors (Lipinski definition) is 2. The summed E-state index contributed by atoms with van der Waals surface area (Å²) in [6, 6.07) is 3.26. The summed E-state index contributed by atoms with van der Waals surface area (Å²) in [5.41, 5.74) is 1.23. The van der Waals surface area contributed by atoms with Crippen LogP contribution in [0.3, 0.4) is 0 Å². The zero-order chi connectivity index (χ0) is 11.5. The molecule has 0 radical (unpaired) electrons. The van der Waals surface area contributed by atoms with E-state index in [1.54, 1.807) is 0 Å². The molecule has 1 atom stereocenters. The number of nitrogens with zero attached hydrogens (tertiary/aromatic N) is 2. The van der Waals surface area contributed by atoms with Crippen molar-refractivity contribution in [2.24, 2.45) is 5.92 Å². The van der Waals surface area contributed by atoms with Crippen molar-refractivity contribution < 1.29 is 0 Å². The molecule has 3 nitrogen and oxygen atoms in total. The molecular formula is C13H23N3. The minimum Gasteiger partial charge on any atom is -0.314 e. The van der Waals surface area contributed by atoms with Gasteiger partial charge in [-0.3, -0.25) is 4.68 Å². The molecule has 0 spiro atoms. The van der Waals surface area contributed by atoms with Gasteiger partial charge < -0.3 is 5.32 Å². The van der Waals surface area contributed by atoms with Crippen LogP contribution in [0.15, 0.2) is 12.3 Å². The van der Waals surface area contributed by atoms with Gasteiger partial charge in [0.25, 0.3) is 0 Å². The number of hydrogen-bond donors (Lipinski definition) is 1. The first-order valence-corrected chi connectivity index (χ1v) is 6.48. The summed E-state index contributed by atoms with van der Waals surface area (Å²) < 4.78 is 2.05. The second-order valence-electron chi connectivity index (χ2n) is 5.09. The lowest BCUT2D eigenvalue weighted by molar-refractivity contribution is 0.459. The van der Waals surface area contributed by atoms with E-state index in [9.17, 15) is 0 Å². The van der Waals surface area contributed by atoms with Crippen LogP contribution in [0.4, 0.5) is 0 Å². The van der Waals surface area contributed by atoms with Crippen LogP contribution in [-0.4, -0.2) is 22.4 Å². The van der Waals surface area contributed by atoms with E-state index < -0.39 is 0 Å². The molecule has 1 aliphatic carbocycles. The van der Waals surface area contributed by atoms with Gasteiger partial charge in [-0.15, -0.1) is 0 Å². The first-order chi connectivity index (χ1) is 7.70. The second kappa shape index (κ2) is 5.00. The highest BCUT2D eigenvalue weighted by Gasteiger charge is 2.30. The molecule has 1 fully saturated rings. The molecule has 0 bridgehead atoms. The predicted molar refractivity (Wildman–Crippen MR) is 66.5 cm³/mol. The Hall–Kier alpha value is -0.830. The highest BCUT2D eigenvalue weighted by atomic mass is 15.3. The monoisotopic (exact) mass is 221 g/mol. The topological polar surface area (TPSA) is 29.9 Å². The molecule has 90 valence electrons. The van der Waals surface area contributed by atoms with Gasteiger partial charge in [-0.2, -0.15) is 5.10 Å². The van der Waals surface area contributed by atoms with Crippen LogP contribution in [0.1, 0.15) is 45.3 Å². The Morgan fingerprint density at radius 2 is 2.25 bits per heavy atom. The molecule has 0 aliphatic heterocycles. The molecule has 1 aromatic heterocycles. The fraction of sp³-hybridized carbons (Fsp3) is 0.769. The molecule has 2 rings (SSSR count). The van der Waals surface area contributed by atoms with Crippen molar-refractivity contribution in [2.45, 2.75) is 52.1 Å². The standard InChI is InChI=1S/C13H23N3/c1-4-14-13(11-5-6-11)9-12-7-8-16(15-12)10(2)3/h7-8,10-11,13-14H,4-6,9H2,1-3H3. The molecule has 3 heteroatoms. The van der Waals surface area contributed by atoms with Gasteiger partial charge in [0.1, 0.15) is 0 Å². The van der Waals surface area contributed by atoms with Crippen molar-refractivity contribution in [3.05, 3.63) is 18.0 Å². The van der Waals surface area contributed by atoms with E-state index in [1.165, 1.54) is 18.5 Å². The van der Waals surface area contributed by atoms with E-state index in [1.807, 2.05) is 4.68 Å². The number of likely N-dealkylation sites (N-methyl/N-ethyl adjacent to an activating group) is 1. The van der Waals surface area contributed by atoms with Crippen molar-refractivity contribution in [3.8, 4) is 0 Å². The molecule has 0 saturated heterocycles. The summed E-state index contributed by atoms with van der Waals surface area (Å²) in [6.45, 7) is 7.58. The molecule has 1 saturated carbocycles. The van der Waals surface area contributed by atoms with Crippen LogP contribution in [0.5, 0.6) is 0 Å². The third-order valence-electron chi connectivity index (χ3n) is 3.28. The van der Waals surface area contributed by atoms with Gasteiger partial charge in [-0.25, -0.2) is 0 Å². The molecule has 0 aromatic carbocycles. The minimum atomic E-state index is 0.465. The highest BCUT2D eigenvalue weighted by Crippen LogP contribution is 2.33. The Labute approximate surface area is 98.2 Å². The lowest BCUT2D eigenvalue weighted by atomic mass is 10.1. The van der Waals surface area contributed by atoms with Gasteiger partial charge in [0, 0.05) is 24.7 Å². The molecule has 1 aliphatic rings. The number of rotatable bonds is 6. The Morgan fingerprint density at radius 3 is 2.75 bits per heavy atom. The van der Waals surface area contributed by atoms with Crippen molar-refractivity contribution in [1.82, 2.24) is 15.1 Å². The second-order valence-corrected chi connectivity index (χ2v) is 5.09. The van der Waals surface area contributed by atoms with Crippen LogP contribution in [-0.2, 0) is 6.42 Å². The third-order valence-corrected chi connectivity index (χ3v) is 3.28. The quantitative estimate of drug-likeness (QED) is 0.799. The first-order valence-electron chi connectivity index (χ1n) is 6.48. The average Bonchev–Trinajstić information content (AvgIpc) is 2.98. The van der Waals surface area contributed by atoms with E-state index in [4.69, 9.17) is 0 Å². The Kier molecular flexibility index (Phi) is 3.64. The van der Waals surface area contributed by atoms with E-state index in [0.717, 1.165) is 18.9 Å². The fourth-order valence-electron chi connectivity index (χ4n) is 2.17. The van der Waals surface area contributed by atoms with Crippen molar-refractivity contribution >= 4 is 0 Å². The van der Waals surface area contributed by atoms with E-state index in [-0.39, 0.29) is 0 Å². The summed E-state index contributed by atoms with van der Waals surface area (Å²) in [4.78, 5) is 0. The van der Waals surface area contributed by atoms with Gasteiger partial charge >= 0.3 is 0 Å². The smallest absolute Gasteiger partial charge is 0.0640 e. The SMILES string of the molecule is CCNC(Cc1ccn(C(C)C)n1)C1CC1. The lowest BCUT2D eigenvalue weighted by Crippen LogP contribution is -2.33. The molecular weight excluding hydrogens is 198 g/mol. The average molecular weight is 221 g/mol. The first kappa shape index (κ1) is 11.6. The Balaban J connectivity index is 1.95. The van der Waals surface area contributed by atoms with E-state index in [0.29, 0.717) is 12.1 Å². The Bertz CT molecular complexity index is 326. The summed E-state index contributed by atoms with van der Waals surface area (Å²) >= 11 is 0. The van der Waals surface area contributed by atoms with E-state index >= 15 is 0 Å². The largest absolute Gasteiger partial charge is 0.314 e. The van der Waals surface area contributed by atoms with Crippen molar-refractivity contribution in [2.75, 3.05) is 6.54 Å². The maximum atomic E-state index is 4.62. The number of nitrogens with one attached hydrogen (secondary N) is 1. The normalized spacial score (nSPS) is 18.0. The van der Waals surface area contributed by atoms with Gasteiger partial charge in [-0.1, -0.05) is 6.92 Å². The highest BCUT2D eigenvalue weighted by molar-refractivity contribution is 5.04. The molecule has 1 N–H and O–H groups in total. The molecule has 0 amide bonds. The van der Waals surface area contributed by atoms with Gasteiger partial charge in [0.15, 0.2) is 0 Å². The summed E-state index contributed by atoms with van der Waals surface area (Å²) in [5, 5.41) is 8.20. The predicted octanol–water partition coefficient (Wildman–Crippen LogP) is 2.39. The number of aromatic nitrogens is 2. The van der Waals surface area contributed by atoms with E-state index in [2.05, 4.69) is 43.4 Å². The van der Waals surface area contributed by atoms with Gasteiger partial charge in [-0.05, 0) is 45.2 Å². The van der Waals surface area contributed by atoms with Crippen molar-refractivity contribution in [3.63, 3.8) is 0 Å². The van der Waals surface area contributed by atoms with Crippen molar-refractivity contribution in [1.29, 1.82) is 0 Å².